The molecule has 0 unspecified atom stereocenters. The first kappa shape index (κ1) is 16.7. The number of benzene rings is 1. The Labute approximate surface area is 119 Å². The summed E-state index contributed by atoms with van der Waals surface area (Å²) in [6.07, 6.45) is -4.01. The van der Waals surface area contributed by atoms with Gasteiger partial charge in [-0.1, -0.05) is 18.2 Å². The Bertz CT molecular complexity index is 484. The van der Waals surface area contributed by atoms with Crippen LogP contribution in [-0.4, -0.2) is 31.3 Å². The minimum absolute atomic E-state index is 0. The van der Waals surface area contributed by atoms with Crippen molar-refractivity contribution in [1.82, 2.24) is 5.32 Å². The average molecular weight is 313 g/mol. The van der Waals surface area contributed by atoms with Gasteiger partial charge in [-0.15, -0.1) is 12.4 Å². The Morgan fingerprint density at radius 1 is 1.30 bits per heavy atom. The molecule has 1 aliphatic rings. The molecule has 0 saturated carbocycles. The molecule has 0 spiro atoms. The van der Waals surface area contributed by atoms with Gasteiger partial charge in [-0.25, -0.2) is 8.78 Å². The lowest BCUT2D eigenvalue weighted by Crippen LogP contribution is -2.49. The van der Waals surface area contributed by atoms with Crippen LogP contribution in [0.4, 0.5) is 23.2 Å². The zero-order valence-corrected chi connectivity index (χ0v) is 11.1. The number of nitrogens with zero attached hydrogens (tertiary/aromatic N) is 1. The molecule has 8 heteroatoms. The number of anilines is 1. The molecule has 0 aromatic heterocycles. The topological polar surface area (TPSA) is 32.3 Å². The number of carbonyl (C=O) groups excluding carboxylic acids is 1. The highest BCUT2D eigenvalue weighted by Gasteiger charge is 2.51. The van der Waals surface area contributed by atoms with Crippen molar-refractivity contribution in [2.75, 3.05) is 18.0 Å². The highest BCUT2D eigenvalue weighted by Crippen LogP contribution is 2.30. The van der Waals surface area contributed by atoms with Crippen LogP contribution < -0.4 is 10.2 Å². The molecule has 1 aromatic carbocycles. The van der Waals surface area contributed by atoms with Gasteiger partial charge in [-0.05, 0) is 11.6 Å². The zero-order chi connectivity index (χ0) is 14.0. The summed E-state index contributed by atoms with van der Waals surface area (Å²) in [5.41, 5.74) is 0.872. The fourth-order valence-corrected chi connectivity index (χ4v) is 1.94. The second-order valence-corrected chi connectivity index (χ2v) is 4.19. The Morgan fingerprint density at radius 3 is 2.60 bits per heavy atom. The standard InChI is InChI=1S/C12H12F4N2O.ClH/c13-10(14)12(15,16)11(19)18-6-5-17-7-8-3-1-2-4-9(8)18;/h1-4,10,17H,5-7H2;1H. The SMILES string of the molecule is Cl.O=C(N1CCNCc2ccccc21)C(F)(F)C(F)F. The fraction of sp³-hybridized carbons (Fsp3) is 0.417. The van der Waals surface area contributed by atoms with Gasteiger partial charge in [0.2, 0.25) is 0 Å². The van der Waals surface area contributed by atoms with E-state index in [-0.39, 0.29) is 31.2 Å². The predicted octanol–water partition coefficient (Wildman–Crippen LogP) is 2.45. The second kappa shape index (κ2) is 6.41. The van der Waals surface area contributed by atoms with Crippen LogP contribution >= 0.6 is 12.4 Å². The van der Waals surface area contributed by atoms with Crippen molar-refractivity contribution in [2.24, 2.45) is 0 Å². The van der Waals surface area contributed by atoms with E-state index in [0.29, 0.717) is 12.1 Å². The van der Waals surface area contributed by atoms with Crippen molar-refractivity contribution in [2.45, 2.75) is 18.9 Å². The van der Waals surface area contributed by atoms with E-state index in [1.165, 1.54) is 6.07 Å². The van der Waals surface area contributed by atoms with E-state index in [2.05, 4.69) is 5.32 Å². The van der Waals surface area contributed by atoms with Gasteiger partial charge in [-0.3, -0.25) is 4.79 Å². The third kappa shape index (κ3) is 3.04. The fourth-order valence-electron chi connectivity index (χ4n) is 1.94. The van der Waals surface area contributed by atoms with Crippen LogP contribution in [0.1, 0.15) is 5.56 Å². The molecule has 0 saturated heterocycles. The summed E-state index contributed by atoms with van der Waals surface area (Å²) in [6, 6.07) is 6.40. The van der Waals surface area contributed by atoms with Gasteiger partial charge in [0.15, 0.2) is 0 Å². The van der Waals surface area contributed by atoms with Gasteiger partial charge in [0.05, 0.1) is 0 Å². The van der Waals surface area contributed by atoms with Crippen molar-refractivity contribution in [3.8, 4) is 0 Å². The maximum Gasteiger partial charge on any atom is 0.384 e. The van der Waals surface area contributed by atoms with Gasteiger partial charge in [0.25, 0.3) is 0 Å². The van der Waals surface area contributed by atoms with Crippen LogP contribution in [0.3, 0.4) is 0 Å². The highest BCUT2D eigenvalue weighted by atomic mass is 35.5. The van der Waals surface area contributed by atoms with E-state index < -0.39 is 18.3 Å². The average Bonchev–Trinajstić information content (AvgIpc) is 2.59. The van der Waals surface area contributed by atoms with Crippen molar-refractivity contribution in [1.29, 1.82) is 0 Å². The van der Waals surface area contributed by atoms with Crippen LogP contribution in [0.15, 0.2) is 24.3 Å². The molecule has 1 heterocycles. The first-order valence-corrected chi connectivity index (χ1v) is 5.71. The van der Waals surface area contributed by atoms with Crippen molar-refractivity contribution in [3.05, 3.63) is 29.8 Å². The molecule has 0 aliphatic carbocycles. The normalized spacial score (nSPS) is 15.3. The van der Waals surface area contributed by atoms with E-state index in [1.807, 2.05) is 0 Å². The number of nitrogens with one attached hydrogen (secondary N) is 1. The molecule has 3 nitrogen and oxygen atoms in total. The number of alkyl halides is 4. The number of halogens is 5. The number of carbonyl (C=O) groups is 1. The molecule has 2 rings (SSSR count). The molecule has 112 valence electrons. The molecule has 0 atom stereocenters. The minimum Gasteiger partial charge on any atom is -0.311 e. The van der Waals surface area contributed by atoms with Gasteiger partial charge in [0.1, 0.15) is 0 Å². The molecular weight excluding hydrogens is 300 g/mol. The smallest absolute Gasteiger partial charge is 0.311 e. The summed E-state index contributed by atoms with van der Waals surface area (Å²) in [5.74, 6) is -6.53. The van der Waals surface area contributed by atoms with Crippen molar-refractivity contribution < 1.29 is 22.4 Å². The van der Waals surface area contributed by atoms with Crippen LogP contribution in [0, 0.1) is 0 Å². The lowest BCUT2D eigenvalue weighted by atomic mass is 10.1. The highest BCUT2D eigenvalue weighted by molar-refractivity contribution is 5.99. The lowest BCUT2D eigenvalue weighted by molar-refractivity contribution is -0.166. The van der Waals surface area contributed by atoms with E-state index in [4.69, 9.17) is 0 Å². The van der Waals surface area contributed by atoms with E-state index in [1.54, 1.807) is 18.2 Å². The van der Waals surface area contributed by atoms with Gasteiger partial charge < -0.3 is 10.2 Å². The van der Waals surface area contributed by atoms with Crippen LogP contribution in [0.25, 0.3) is 0 Å². The Balaban J connectivity index is 0.00000200. The predicted molar refractivity (Wildman–Crippen MR) is 68.7 cm³/mol. The maximum absolute atomic E-state index is 13.2. The number of rotatable bonds is 2. The minimum atomic E-state index is -4.67. The van der Waals surface area contributed by atoms with Crippen LogP contribution in [0.5, 0.6) is 0 Å². The van der Waals surface area contributed by atoms with Crippen molar-refractivity contribution >= 4 is 24.0 Å². The number of hydrogen-bond donors (Lipinski definition) is 1. The van der Waals surface area contributed by atoms with Gasteiger partial charge in [-0.2, -0.15) is 8.78 Å². The van der Waals surface area contributed by atoms with Crippen LogP contribution in [-0.2, 0) is 11.3 Å². The summed E-state index contributed by atoms with van der Waals surface area (Å²) in [6.45, 7) is 0.595. The molecule has 1 aliphatic heterocycles. The third-order valence-corrected chi connectivity index (χ3v) is 2.91. The number of amides is 1. The zero-order valence-electron chi connectivity index (χ0n) is 10.3. The molecule has 0 radical (unpaired) electrons. The molecule has 1 amide bonds. The summed E-state index contributed by atoms with van der Waals surface area (Å²) in [7, 11) is 0. The van der Waals surface area contributed by atoms with E-state index in [9.17, 15) is 22.4 Å². The summed E-state index contributed by atoms with van der Waals surface area (Å²) < 4.78 is 50.9. The molecule has 0 fully saturated rings. The van der Waals surface area contributed by atoms with Gasteiger partial charge in [0, 0.05) is 25.3 Å². The number of hydrogen-bond acceptors (Lipinski definition) is 2. The van der Waals surface area contributed by atoms with Crippen molar-refractivity contribution in [3.63, 3.8) is 0 Å². The molecule has 20 heavy (non-hydrogen) atoms. The third-order valence-electron chi connectivity index (χ3n) is 2.91. The summed E-state index contributed by atoms with van der Waals surface area (Å²) in [4.78, 5) is 12.4. The first-order valence-electron chi connectivity index (χ1n) is 5.71. The first-order chi connectivity index (χ1) is 8.94. The monoisotopic (exact) mass is 312 g/mol. The maximum atomic E-state index is 13.2. The Hall–Kier alpha value is -1.34. The molecular formula is C12H13ClF4N2O. The van der Waals surface area contributed by atoms with Gasteiger partial charge >= 0.3 is 18.3 Å². The number of fused-ring (bicyclic) bond motifs is 1. The van der Waals surface area contributed by atoms with E-state index >= 15 is 0 Å². The summed E-state index contributed by atoms with van der Waals surface area (Å²) in [5, 5.41) is 2.94. The quantitative estimate of drug-likeness (QED) is 0.851. The van der Waals surface area contributed by atoms with Crippen LogP contribution in [0.2, 0.25) is 0 Å². The lowest BCUT2D eigenvalue weighted by Gasteiger charge is -2.26. The molecule has 1 aromatic rings. The molecule has 0 bridgehead atoms. The Kier molecular flexibility index (Phi) is 5.35. The Morgan fingerprint density at radius 2 is 1.95 bits per heavy atom. The second-order valence-electron chi connectivity index (χ2n) is 4.19. The summed E-state index contributed by atoms with van der Waals surface area (Å²) >= 11 is 0. The largest absolute Gasteiger partial charge is 0.384 e. The molecule has 1 N–H and O–H groups in total. The van der Waals surface area contributed by atoms with E-state index in [0.717, 1.165) is 4.90 Å². The number of para-hydroxylation sites is 1.